The minimum Gasteiger partial charge on any atom is -0.354 e. The van der Waals surface area contributed by atoms with Crippen molar-refractivity contribution < 1.29 is 0 Å². The van der Waals surface area contributed by atoms with Gasteiger partial charge in [0.15, 0.2) is 0 Å². The zero-order valence-electron chi connectivity index (χ0n) is 10.9. The minimum atomic E-state index is 0.433. The molecule has 0 fully saturated rings. The number of aromatic nitrogens is 2. The van der Waals surface area contributed by atoms with Crippen LogP contribution in [0, 0.1) is 0 Å². The number of anilines is 1. The summed E-state index contributed by atoms with van der Waals surface area (Å²) in [6.07, 6.45) is 2.79. The average molecular weight is 241 g/mol. The quantitative estimate of drug-likeness (QED) is 0.873. The van der Waals surface area contributed by atoms with E-state index in [1.54, 1.807) is 0 Å². The summed E-state index contributed by atoms with van der Waals surface area (Å²) in [5.74, 6) is 1.15. The van der Waals surface area contributed by atoms with Gasteiger partial charge in [-0.25, -0.2) is 9.97 Å². The van der Waals surface area contributed by atoms with Gasteiger partial charge in [-0.2, -0.15) is 0 Å². The molecule has 1 N–H and O–H groups in total. The monoisotopic (exact) mass is 241 g/mol. The second-order valence-corrected chi connectivity index (χ2v) is 4.62. The van der Waals surface area contributed by atoms with E-state index < -0.39 is 0 Å². The van der Waals surface area contributed by atoms with Crippen molar-refractivity contribution in [3.8, 4) is 0 Å². The Balaban J connectivity index is 1.89. The number of nitrogens with one attached hydrogen (secondary N) is 1. The molecule has 0 bridgehead atoms. The van der Waals surface area contributed by atoms with E-state index in [9.17, 15) is 0 Å². The molecule has 1 aromatic carbocycles. The number of hydrogen-bond acceptors (Lipinski definition) is 3. The molecule has 18 heavy (non-hydrogen) atoms. The Labute approximate surface area is 108 Å². The molecule has 0 aliphatic heterocycles. The van der Waals surface area contributed by atoms with Gasteiger partial charge < -0.3 is 5.32 Å². The summed E-state index contributed by atoms with van der Waals surface area (Å²) in [7, 11) is 0. The summed E-state index contributed by atoms with van der Waals surface area (Å²) in [5.41, 5.74) is 2.40. The van der Waals surface area contributed by atoms with Crippen LogP contribution >= 0.6 is 0 Å². The number of hydrogen-bond donors (Lipinski definition) is 1. The van der Waals surface area contributed by atoms with Crippen molar-refractivity contribution in [1.29, 1.82) is 0 Å². The summed E-state index contributed by atoms with van der Waals surface area (Å²) >= 11 is 0. The average Bonchev–Trinajstić information content (AvgIpc) is 2.40. The number of nitrogens with zero attached hydrogens (tertiary/aromatic N) is 2. The van der Waals surface area contributed by atoms with Gasteiger partial charge in [-0.15, -0.1) is 0 Å². The van der Waals surface area contributed by atoms with E-state index in [0.717, 1.165) is 24.6 Å². The summed E-state index contributed by atoms with van der Waals surface area (Å²) in [4.78, 5) is 8.71. The fourth-order valence-corrected chi connectivity index (χ4v) is 1.74. The highest BCUT2D eigenvalue weighted by molar-refractivity contribution is 5.27. The lowest BCUT2D eigenvalue weighted by molar-refractivity contribution is 0.812. The molecule has 0 aliphatic rings. The predicted octanol–water partition coefficient (Wildman–Crippen LogP) is 3.25. The maximum atomic E-state index is 4.48. The second kappa shape index (κ2) is 6.15. The SMILES string of the molecule is CC(C)c1ccnc(NCCc2ccccc2)n1. The van der Waals surface area contributed by atoms with E-state index >= 15 is 0 Å². The van der Waals surface area contributed by atoms with E-state index in [-0.39, 0.29) is 0 Å². The van der Waals surface area contributed by atoms with Crippen LogP contribution in [-0.4, -0.2) is 16.5 Å². The Kier molecular flexibility index (Phi) is 4.29. The van der Waals surface area contributed by atoms with Gasteiger partial charge in [-0.1, -0.05) is 44.2 Å². The molecule has 0 atom stereocenters. The highest BCUT2D eigenvalue weighted by atomic mass is 15.1. The van der Waals surface area contributed by atoms with Crippen molar-refractivity contribution >= 4 is 5.95 Å². The van der Waals surface area contributed by atoms with Gasteiger partial charge in [0.25, 0.3) is 0 Å². The largest absolute Gasteiger partial charge is 0.354 e. The van der Waals surface area contributed by atoms with Crippen molar-refractivity contribution in [3.05, 3.63) is 53.9 Å². The van der Waals surface area contributed by atoms with E-state index in [4.69, 9.17) is 0 Å². The maximum Gasteiger partial charge on any atom is 0.222 e. The normalized spacial score (nSPS) is 10.6. The molecule has 0 amide bonds. The van der Waals surface area contributed by atoms with Gasteiger partial charge >= 0.3 is 0 Å². The van der Waals surface area contributed by atoms with Gasteiger partial charge in [0.1, 0.15) is 0 Å². The third-order valence-electron chi connectivity index (χ3n) is 2.81. The molecular formula is C15H19N3. The summed E-state index contributed by atoms with van der Waals surface area (Å²) in [6.45, 7) is 5.12. The van der Waals surface area contributed by atoms with Crippen molar-refractivity contribution in [2.75, 3.05) is 11.9 Å². The first-order valence-corrected chi connectivity index (χ1v) is 6.36. The summed E-state index contributed by atoms with van der Waals surface area (Å²) in [5, 5.41) is 3.27. The maximum absolute atomic E-state index is 4.48. The third-order valence-corrected chi connectivity index (χ3v) is 2.81. The molecule has 1 aromatic heterocycles. The van der Waals surface area contributed by atoms with Crippen LogP contribution in [0.15, 0.2) is 42.6 Å². The van der Waals surface area contributed by atoms with E-state index in [1.807, 2.05) is 18.3 Å². The molecule has 0 saturated heterocycles. The van der Waals surface area contributed by atoms with Gasteiger partial charge in [0.2, 0.25) is 5.95 Å². The topological polar surface area (TPSA) is 37.8 Å². The first-order valence-electron chi connectivity index (χ1n) is 6.36. The number of benzene rings is 1. The van der Waals surface area contributed by atoms with Crippen LogP contribution in [0.25, 0.3) is 0 Å². The van der Waals surface area contributed by atoms with Crippen LogP contribution in [-0.2, 0) is 6.42 Å². The van der Waals surface area contributed by atoms with Crippen LogP contribution < -0.4 is 5.32 Å². The first-order chi connectivity index (χ1) is 8.75. The Hall–Kier alpha value is -1.90. The lowest BCUT2D eigenvalue weighted by Gasteiger charge is -2.08. The zero-order valence-corrected chi connectivity index (χ0v) is 10.9. The number of rotatable bonds is 5. The molecule has 3 nitrogen and oxygen atoms in total. The van der Waals surface area contributed by atoms with Crippen LogP contribution in [0.5, 0.6) is 0 Å². The van der Waals surface area contributed by atoms with Gasteiger partial charge in [-0.3, -0.25) is 0 Å². The Morgan fingerprint density at radius 2 is 1.89 bits per heavy atom. The summed E-state index contributed by atoms with van der Waals surface area (Å²) < 4.78 is 0. The van der Waals surface area contributed by atoms with Crippen molar-refractivity contribution in [1.82, 2.24) is 9.97 Å². The van der Waals surface area contributed by atoms with E-state index in [1.165, 1.54) is 5.56 Å². The predicted molar refractivity (Wildman–Crippen MR) is 74.8 cm³/mol. The Bertz CT molecular complexity index is 480. The van der Waals surface area contributed by atoms with Crippen molar-refractivity contribution in [2.24, 2.45) is 0 Å². The molecule has 2 aromatic rings. The summed E-state index contributed by atoms with van der Waals surface area (Å²) in [6, 6.07) is 12.4. The fourth-order valence-electron chi connectivity index (χ4n) is 1.74. The molecule has 0 unspecified atom stereocenters. The lowest BCUT2D eigenvalue weighted by Crippen LogP contribution is -2.09. The van der Waals surface area contributed by atoms with Crippen LogP contribution in [0.2, 0.25) is 0 Å². The van der Waals surface area contributed by atoms with Crippen LogP contribution in [0.3, 0.4) is 0 Å². The smallest absolute Gasteiger partial charge is 0.222 e. The standard InChI is InChI=1S/C15H19N3/c1-12(2)14-9-11-17-15(18-14)16-10-8-13-6-4-3-5-7-13/h3-7,9,11-12H,8,10H2,1-2H3,(H,16,17,18). The van der Waals surface area contributed by atoms with E-state index in [2.05, 4.69) is 53.4 Å². The highest BCUT2D eigenvalue weighted by Gasteiger charge is 2.02. The van der Waals surface area contributed by atoms with Crippen LogP contribution in [0.1, 0.15) is 31.0 Å². The molecule has 3 heteroatoms. The van der Waals surface area contributed by atoms with Crippen LogP contribution in [0.4, 0.5) is 5.95 Å². The molecule has 0 radical (unpaired) electrons. The lowest BCUT2D eigenvalue weighted by atomic mass is 10.1. The molecule has 94 valence electrons. The molecule has 0 spiro atoms. The zero-order chi connectivity index (χ0) is 12.8. The Morgan fingerprint density at radius 1 is 1.11 bits per heavy atom. The molecular weight excluding hydrogens is 222 g/mol. The third kappa shape index (κ3) is 3.55. The van der Waals surface area contributed by atoms with Crippen molar-refractivity contribution in [3.63, 3.8) is 0 Å². The Morgan fingerprint density at radius 3 is 2.61 bits per heavy atom. The fraction of sp³-hybridized carbons (Fsp3) is 0.333. The minimum absolute atomic E-state index is 0.433. The van der Waals surface area contributed by atoms with Crippen molar-refractivity contribution in [2.45, 2.75) is 26.2 Å². The van der Waals surface area contributed by atoms with E-state index in [0.29, 0.717) is 5.92 Å². The second-order valence-electron chi connectivity index (χ2n) is 4.62. The first kappa shape index (κ1) is 12.6. The molecule has 0 saturated carbocycles. The van der Waals surface area contributed by atoms with Gasteiger partial charge in [0.05, 0.1) is 0 Å². The molecule has 0 aliphatic carbocycles. The molecule has 2 rings (SSSR count). The highest BCUT2D eigenvalue weighted by Crippen LogP contribution is 2.11. The van der Waals surface area contributed by atoms with Gasteiger partial charge in [0, 0.05) is 18.4 Å². The molecule has 1 heterocycles. The van der Waals surface area contributed by atoms with Gasteiger partial charge in [-0.05, 0) is 24.0 Å².